The Hall–Kier alpha value is -2.38. The molecule has 2 aromatic carbocycles. The number of halogens is 1. The van der Waals surface area contributed by atoms with Gasteiger partial charge in [-0.1, -0.05) is 113 Å². The molecular formula is C33H47BrN2O3S. The molecule has 0 saturated heterocycles. The molecule has 0 unspecified atom stereocenters. The van der Waals surface area contributed by atoms with Crippen molar-refractivity contribution in [3.63, 3.8) is 0 Å². The summed E-state index contributed by atoms with van der Waals surface area (Å²) in [6.45, 7) is 5.61. The number of aromatic nitrogens is 1. The number of carbonyl (C=O) groups is 1. The first-order valence-corrected chi connectivity index (χ1v) is 15.6. The van der Waals surface area contributed by atoms with Crippen molar-refractivity contribution in [1.82, 2.24) is 0 Å². The van der Waals surface area contributed by atoms with Crippen LogP contribution in [0.1, 0.15) is 105 Å². The average Bonchev–Trinajstić information content (AvgIpc) is 3.36. The number of hydrogen-bond donors (Lipinski definition) is 1. The van der Waals surface area contributed by atoms with E-state index >= 15 is 0 Å². The molecule has 3 rings (SSSR count). The average molecular weight is 632 g/mol. The third-order valence-electron chi connectivity index (χ3n) is 7.03. The lowest BCUT2D eigenvalue weighted by atomic mass is 10.1. The van der Waals surface area contributed by atoms with E-state index in [1.165, 1.54) is 69.1 Å². The van der Waals surface area contributed by atoms with E-state index in [9.17, 15) is 4.79 Å². The first-order valence-electron chi connectivity index (χ1n) is 14.8. The molecule has 3 aromatic rings. The van der Waals surface area contributed by atoms with Gasteiger partial charge in [0.15, 0.2) is 24.2 Å². The second kappa shape index (κ2) is 19.7. The molecule has 0 fully saturated rings. The number of benzene rings is 2. The van der Waals surface area contributed by atoms with Gasteiger partial charge in [0, 0.05) is 11.1 Å². The monoisotopic (exact) mass is 630 g/mol. The van der Waals surface area contributed by atoms with Crippen LogP contribution in [0.15, 0.2) is 54.2 Å². The lowest BCUT2D eigenvalue weighted by molar-refractivity contribution is -0.683. The molecule has 220 valence electrons. The highest BCUT2D eigenvalue weighted by molar-refractivity contribution is 7.09. The fourth-order valence-corrected chi connectivity index (χ4v) is 5.47. The molecule has 1 N–H and O–H groups in total. The number of amides is 1. The summed E-state index contributed by atoms with van der Waals surface area (Å²) in [6, 6.07) is 13.4. The molecule has 5 nitrogen and oxygen atoms in total. The van der Waals surface area contributed by atoms with E-state index in [0.29, 0.717) is 35.9 Å². The molecule has 0 radical (unpaired) electrons. The third kappa shape index (κ3) is 11.6. The fraction of sp³-hybridized carbons (Fsp3) is 0.515. The highest BCUT2D eigenvalue weighted by Gasteiger charge is 2.18. The molecule has 0 bridgehead atoms. The molecule has 7 heteroatoms. The van der Waals surface area contributed by atoms with Gasteiger partial charge in [-0.25, -0.2) is 0 Å². The molecule has 0 atom stereocenters. The number of methoxy groups -OCH3 is 1. The Morgan fingerprint density at radius 1 is 0.875 bits per heavy atom. The molecule has 0 aliphatic rings. The van der Waals surface area contributed by atoms with Gasteiger partial charge in [-0.3, -0.25) is 4.79 Å². The van der Waals surface area contributed by atoms with Gasteiger partial charge >= 0.3 is 0 Å². The predicted octanol–water partition coefficient (Wildman–Crippen LogP) is 5.74. The fourth-order valence-electron chi connectivity index (χ4n) is 4.84. The lowest BCUT2D eigenvalue weighted by Gasteiger charge is -2.16. The van der Waals surface area contributed by atoms with Crippen LogP contribution in [0.4, 0.5) is 5.69 Å². The topological polar surface area (TPSA) is 51.4 Å². The van der Waals surface area contributed by atoms with E-state index in [-0.39, 0.29) is 22.9 Å². The summed E-state index contributed by atoms with van der Waals surface area (Å²) in [5.41, 5.74) is 4.34. The number of hydrogen-bond acceptors (Lipinski definition) is 4. The molecule has 0 saturated carbocycles. The standard InChI is InChI=1S/C33H46N2O3S.BrH/c1-4-5-6-7-8-9-10-11-12-13-14-17-23-38-32-30(21-18-22-31(32)37-3)34-33(36)29-20-16-15-19-28(29)25-35-24-27(2)39-26-35;/h15-16,18-22,24,26H,4-14,17,23,25H2,1-3H3;1H. The SMILES string of the molecule is CCCCCCCCCCCCCCOc1c(NC(=O)c2ccccc2C[n+]2csc(C)c2)cccc1OC.[Br-]. The molecule has 0 spiro atoms. The molecule has 1 amide bonds. The van der Waals surface area contributed by atoms with Crippen molar-refractivity contribution in [2.45, 2.75) is 97.4 Å². The summed E-state index contributed by atoms with van der Waals surface area (Å²) in [5.74, 6) is 1.07. The van der Waals surface area contributed by atoms with Crippen molar-refractivity contribution < 1.29 is 35.8 Å². The number of nitrogens with one attached hydrogen (secondary N) is 1. The normalized spacial score (nSPS) is 10.7. The molecule has 1 aromatic heterocycles. The van der Waals surface area contributed by atoms with Crippen molar-refractivity contribution in [1.29, 1.82) is 0 Å². The summed E-state index contributed by atoms with van der Waals surface area (Å²) >= 11 is 1.70. The van der Waals surface area contributed by atoms with E-state index in [1.807, 2.05) is 42.5 Å². The summed E-state index contributed by atoms with van der Waals surface area (Å²) in [7, 11) is 1.63. The van der Waals surface area contributed by atoms with Crippen LogP contribution >= 0.6 is 11.3 Å². The zero-order chi connectivity index (χ0) is 27.7. The van der Waals surface area contributed by atoms with Gasteiger partial charge in [0.2, 0.25) is 5.51 Å². The number of carbonyl (C=O) groups excluding carboxylic acids is 1. The molecule has 1 heterocycles. The molecular weight excluding hydrogens is 584 g/mol. The van der Waals surface area contributed by atoms with Crippen molar-refractivity contribution in [2.24, 2.45) is 0 Å². The minimum Gasteiger partial charge on any atom is -1.00 e. The van der Waals surface area contributed by atoms with Gasteiger partial charge in [-0.2, -0.15) is 4.57 Å². The van der Waals surface area contributed by atoms with Gasteiger partial charge < -0.3 is 31.8 Å². The maximum Gasteiger partial charge on any atom is 0.256 e. The first-order chi connectivity index (χ1) is 19.1. The second-order valence-corrected chi connectivity index (χ2v) is 11.4. The molecule has 40 heavy (non-hydrogen) atoms. The van der Waals surface area contributed by atoms with Gasteiger partial charge in [-0.15, -0.1) is 0 Å². The highest BCUT2D eigenvalue weighted by atomic mass is 79.9. The minimum atomic E-state index is -0.151. The number of anilines is 1. The largest absolute Gasteiger partial charge is 1.00 e. The van der Waals surface area contributed by atoms with Gasteiger partial charge in [-0.05, 0) is 31.5 Å². The highest BCUT2D eigenvalue weighted by Crippen LogP contribution is 2.35. The van der Waals surface area contributed by atoms with Crippen molar-refractivity contribution in [3.8, 4) is 11.5 Å². The van der Waals surface area contributed by atoms with Crippen molar-refractivity contribution in [2.75, 3.05) is 19.0 Å². The summed E-state index contributed by atoms with van der Waals surface area (Å²) in [6.07, 6.45) is 17.8. The quantitative estimate of drug-likeness (QED) is 0.136. The number of para-hydroxylation sites is 1. The smallest absolute Gasteiger partial charge is 0.256 e. The number of unbranched alkanes of at least 4 members (excludes halogenated alkanes) is 11. The van der Waals surface area contributed by atoms with Crippen LogP contribution < -0.4 is 36.3 Å². The van der Waals surface area contributed by atoms with E-state index in [4.69, 9.17) is 9.47 Å². The zero-order valence-corrected chi connectivity index (χ0v) is 27.0. The van der Waals surface area contributed by atoms with Crippen molar-refractivity contribution >= 4 is 22.9 Å². The van der Waals surface area contributed by atoms with Gasteiger partial charge in [0.05, 0.1) is 24.3 Å². The van der Waals surface area contributed by atoms with Crippen LogP contribution in [0.25, 0.3) is 0 Å². The number of thiazole rings is 1. The minimum absolute atomic E-state index is 0. The number of nitrogens with zero attached hydrogens (tertiary/aromatic N) is 1. The van der Waals surface area contributed by atoms with Crippen LogP contribution in [0.2, 0.25) is 0 Å². The summed E-state index contributed by atoms with van der Waals surface area (Å²) in [5, 5.41) is 3.08. The first kappa shape index (κ1) is 33.8. The Labute approximate surface area is 256 Å². The van der Waals surface area contributed by atoms with E-state index in [0.717, 1.165) is 18.4 Å². The van der Waals surface area contributed by atoms with Crippen LogP contribution in [0, 0.1) is 6.92 Å². The lowest BCUT2D eigenvalue weighted by Crippen LogP contribution is -3.00. The Morgan fingerprint density at radius 2 is 1.52 bits per heavy atom. The number of rotatable bonds is 19. The third-order valence-corrected chi connectivity index (χ3v) is 7.88. The predicted molar refractivity (Wildman–Crippen MR) is 162 cm³/mol. The van der Waals surface area contributed by atoms with Crippen LogP contribution in [-0.2, 0) is 6.54 Å². The van der Waals surface area contributed by atoms with Crippen molar-refractivity contribution in [3.05, 3.63) is 70.2 Å². The van der Waals surface area contributed by atoms with E-state index < -0.39 is 0 Å². The Kier molecular flexibility index (Phi) is 16.6. The maximum atomic E-state index is 13.4. The van der Waals surface area contributed by atoms with Crippen LogP contribution in [0.5, 0.6) is 11.5 Å². The Bertz CT molecular complexity index is 1130. The molecule has 0 aliphatic heterocycles. The van der Waals surface area contributed by atoms with Gasteiger partial charge in [0.25, 0.3) is 5.91 Å². The molecule has 0 aliphatic carbocycles. The Morgan fingerprint density at radius 3 is 2.15 bits per heavy atom. The van der Waals surface area contributed by atoms with Crippen LogP contribution in [-0.4, -0.2) is 19.6 Å². The summed E-state index contributed by atoms with van der Waals surface area (Å²) in [4.78, 5) is 14.6. The zero-order valence-electron chi connectivity index (χ0n) is 24.6. The van der Waals surface area contributed by atoms with E-state index in [1.54, 1.807) is 18.4 Å². The van der Waals surface area contributed by atoms with E-state index in [2.05, 4.69) is 35.4 Å². The summed E-state index contributed by atoms with van der Waals surface area (Å²) < 4.78 is 13.8. The number of ether oxygens (including phenoxy) is 2. The second-order valence-electron chi connectivity index (χ2n) is 10.3. The number of aryl methyl sites for hydroxylation is 1. The van der Waals surface area contributed by atoms with Gasteiger partial charge in [0.1, 0.15) is 0 Å². The Balaban J connectivity index is 0.00000560. The van der Waals surface area contributed by atoms with Crippen LogP contribution in [0.3, 0.4) is 0 Å². The maximum absolute atomic E-state index is 13.4.